The summed E-state index contributed by atoms with van der Waals surface area (Å²) < 4.78 is 11.5. The normalized spacial score (nSPS) is 10.8. The van der Waals surface area contributed by atoms with E-state index in [0.717, 1.165) is 10.0 Å². The number of rotatable bonds is 2. The van der Waals surface area contributed by atoms with Crippen molar-refractivity contribution in [2.75, 3.05) is 0 Å². The molecule has 0 spiro atoms. The SMILES string of the molecule is Cc1cc(-c2nnc(-c3cccc(Br)c3)o2)no1. The number of halogens is 1. The first kappa shape index (κ1) is 11.2. The molecule has 0 amide bonds. The van der Waals surface area contributed by atoms with Crippen molar-refractivity contribution in [2.45, 2.75) is 6.92 Å². The topological polar surface area (TPSA) is 65.0 Å². The second-order valence-electron chi connectivity index (χ2n) is 3.75. The Labute approximate surface area is 111 Å². The van der Waals surface area contributed by atoms with E-state index in [-0.39, 0.29) is 0 Å². The molecule has 0 radical (unpaired) electrons. The average molecular weight is 306 g/mol. The van der Waals surface area contributed by atoms with E-state index in [4.69, 9.17) is 8.94 Å². The third-order valence-corrected chi connectivity index (χ3v) is 2.84. The van der Waals surface area contributed by atoms with Crippen LogP contribution in [0.25, 0.3) is 23.0 Å². The molecular weight excluding hydrogens is 298 g/mol. The van der Waals surface area contributed by atoms with E-state index in [1.807, 2.05) is 31.2 Å². The lowest BCUT2D eigenvalue weighted by Gasteiger charge is -1.94. The van der Waals surface area contributed by atoms with Crippen molar-refractivity contribution in [3.8, 4) is 23.0 Å². The summed E-state index contributed by atoms with van der Waals surface area (Å²) in [6.07, 6.45) is 0. The fraction of sp³-hybridized carbons (Fsp3) is 0.0833. The van der Waals surface area contributed by atoms with Crippen molar-refractivity contribution in [1.82, 2.24) is 15.4 Å². The van der Waals surface area contributed by atoms with E-state index in [1.165, 1.54) is 0 Å². The maximum Gasteiger partial charge on any atom is 0.270 e. The van der Waals surface area contributed by atoms with Crippen LogP contribution in [0.3, 0.4) is 0 Å². The lowest BCUT2D eigenvalue weighted by atomic mass is 10.2. The molecule has 0 fully saturated rings. The molecule has 90 valence electrons. The molecule has 0 atom stereocenters. The molecule has 2 heterocycles. The highest BCUT2D eigenvalue weighted by atomic mass is 79.9. The predicted octanol–water partition coefficient (Wildman–Crippen LogP) is 3.46. The highest BCUT2D eigenvalue weighted by Gasteiger charge is 2.13. The standard InChI is InChI=1S/C12H8BrN3O2/c1-7-5-10(16-18-7)12-15-14-11(17-12)8-3-2-4-9(13)6-8/h2-6H,1H3. The van der Waals surface area contributed by atoms with Gasteiger partial charge in [0.1, 0.15) is 5.76 Å². The van der Waals surface area contributed by atoms with Gasteiger partial charge in [-0.15, -0.1) is 10.2 Å². The minimum atomic E-state index is 0.349. The first-order chi connectivity index (χ1) is 8.72. The van der Waals surface area contributed by atoms with Crippen LogP contribution < -0.4 is 0 Å². The number of aromatic nitrogens is 3. The van der Waals surface area contributed by atoms with Crippen LogP contribution in [0, 0.1) is 6.92 Å². The summed E-state index contributed by atoms with van der Waals surface area (Å²) in [5, 5.41) is 11.8. The Kier molecular flexibility index (Phi) is 2.71. The number of benzene rings is 1. The van der Waals surface area contributed by atoms with Crippen molar-refractivity contribution in [3.05, 3.63) is 40.6 Å². The van der Waals surface area contributed by atoms with E-state index >= 15 is 0 Å². The summed E-state index contributed by atoms with van der Waals surface area (Å²) >= 11 is 3.40. The van der Waals surface area contributed by atoms with Gasteiger partial charge in [0, 0.05) is 16.1 Å². The summed E-state index contributed by atoms with van der Waals surface area (Å²) in [6, 6.07) is 9.39. The Morgan fingerprint density at radius 1 is 1.11 bits per heavy atom. The van der Waals surface area contributed by atoms with Gasteiger partial charge < -0.3 is 8.94 Å². The summed E-state index contributed by atoms with van der Waals surface area (Å²) in [5.41, 5.74) is 1.39. The fourth-order valence-corrected chi connectivity index (χ4v) is 1.93. The molecule has 0 aliphatic heterocycles. The number of hydrogen-bond donors (Lipinski definition) is 0. The van der Waals surface area contributed by atoms with Gasteiger partial charge in [-0.1, -0.05) is 27.2 Å². The fourth-order valence-electron chi connectivity index (χ4n) is 1.53. The molecule has 0 saturated carbocycles. The van der Waals surface area contributed by atoms with Gasteiger partial charge in [-0.05, 0) is 25.1 Å². The van der Waals surface area contributed by atoms with Crippen molar-refractivity contribution in [2.24, 2.45) is 0 Å². The lowest BCUT2D eigenvalue weighted by molar-refractivity contribution is 0.397. The maximum absolute atomic E-state index is 5.56. The largest absolute Gasteiger partial charge is 0.414 e. The van der Waals surface area contributed by atoms with Gasteiger partial charge in [0.2, 0.25) is 5.89 Å². The highest BCUT2D eigenvalue weighted by Crippen LogP contribution is 2.25. The number of nitrogens with zero attached hydrogens (tertiary/aromatic N) is 3. The quantitative estimate of drug-likeness (QED) is 0.725. The van der Waals surface area contributed by atoms with E-state index < -0.39 is 0 Å². The van der Waals surface area contributed by atoms with Gasteiger partial charge in [0.05, 0.1) is 0 Å². The van der Waals surface area contributed by atoms with Crippen molar-refractivity contribution < 1.29 is 8.94 Å². The van der Waals surface area contributed by atoms with Crippen LogP contribution in [-0.2, 0) is 0 Å². The van der Waals surface area contributed by atoms with E-state index in [9.17, 15) is 0 Å². The molecule has 0 N–H and O–H groups in total. The summed E-state index contributed by atoms with van der Waals surface area (Å²) in [4.78, 5) is 0. The molecule has 0 saturated heterocycles. The summed E-state index contributed by atoms with van der Waals surface area (Å²) in [6.45, 7) is 1.81. The Morgan fingerprint density at radius 2 is 1.94 bits per heavy atom. The minimum Gasteiger partial charge on any atom is -0.414 e. The van der Waals surface area contributed by atoms with Crippen molar-refractivity contribution in [1.29, 1.82) is 0 Å². The van der Waals surface area contributed by atoms with E-state index in [0.29, 0.717) is 23.2 Å². The van der Waals surface area contributed by atoms with Gasteiger partial charge in [-0.25, -0.2) is 0 Å². The van der Waals surface area contributed by atoms with Gasteiger partial charge in [-0.3, -0.25) is 0 Å². The lowest BCUT2D eigenvalue weighted by Crippen LogP contribution is -1.77. The Hall–Kier alpha value is -1.95. The molecule has 0 unspecified atom stereocenters. The summed E-state index contributed by atoms with van der Waals surface area (Å²) in [5.74, 6) is 1.50. The monoisotopic (exact) mass is 305 g/mol. The highest BCUT2D eigenvalue weighted by molar-refractivity contribution is 9.10. The Bertz CT molecular complexity index is 690. The minimum absolute atomic E-state index is 0.349. The molecule has 1 aromatic carbocycles. The van der Waals surface area contributed by atoms with Crippen molar-refractivity contribution in [3.63, 3.8) is 0 Å². The van der Waals surface area contributed by atoms with E-state index in [1.54, 1.807) is 6.07 Å². The van der Waals surface area contributed by atoms with Crippen molar-refractivity contribution >= 4 is 15.9 Å². The van der Waals surface area contributed by atoms with Crippen LogP contribution in [0.4, 0.5) is 0 Å². The average Bonchev–Trinajstić information content (AvgIpc) is 2.97. The summed E-state index contributed by atoms with van der Waals surface area (Å²) in [7, 11) is 0. The zero-order valence-corrected chi connectivity index (χ0v) is 11.0. The predicted molar refractivity (Wildman–Crippen MR) is 67.7 cm³/mol. The van der Waals surface area contributed by atoms with Gasteiger partial charge in [-0.2, -0.15) is 0 Å². The third-order valence-electron chi connectivity index (χ3n) is 2.34. The Balaban J connectivity index is 1.99. The first-order valence-corrected chi connectivity index (χ1v) is 6.05. The second-order valence-corrected chi connectivity index (χ2v) is 4.66. The van der Waals surface area contributed by atoms with Gasteiger partial charge >= 0.3 is 0 Å². The second kappa shape index (κ2) is 4.38. The molecule has 3 aromatic rings. The van der Waals surface area contributed by atoms with Crippen LogP contribution in [0.15, 0.2) is 43.7 Å². The molecule has 5 nitrogen and oxygen atoms in total. The van der Waals surface area contributed by atoms with Crippen LogP contribution in [0.5, 0.6) is 0 Å². The van der Waals surface area contributed by atoms with Gasteiger partial charge in [0.25, 0.3) is 5.89 Å². The van der Waals surface area contributed by atoms with Crippen LogP contribution in [-0.4, -0.2) is 15.4 Å². The Morgan fingerprint density at radius 3 is 2.67 bits per heavy atom. The molecule has 2 aromatic heterocycles. The first-order valence-electron chi connectivity index (χ1n) is 5.25. The molecule has 6 heteroatoms. The zero-order valence-electron chi connectivity index (χ0n) is 9.42. The third kappa shape index (κ3) is 2.06. The molecule has 18 heavy (non-hydrogen) atoms. The van der Waals surface area contributed by atoms with Crippen LogP contribution in [0.1, 0.15) is 5.76 Å². The van der Waals surface area contributed by atoms with Crippen LogP contribution in [0.2, 0.25) is 0 Å². The number of aryl methyl sites for hydroxylation is 1. The molecule has 0 aliphatic carbocycles. The van der Waals surface area contributed by atoms with Crippen LogP contribution >= 0.6 is 15.9 Å². The molecule has 0 aliphatic rings. The zero-order chi connectivity index (χ0) is 12.5. The molecular formula is C12H8BrN3O2. The number of hydrogen-bond acceptors (Lipinski definition) is 5. The molecule has 3 rings (SSSR count). The van der Waals surface area contributed by atoms with E-state index in [2.05, 4.69) is 31.3 Å². The molecule has 0 bridgehead atoms. The maximum atomic E-state index is 5.56. The smallest absolute Gasteiger partial charge is 0.270 e. The van der Waals surface area contributed by atoms with Gasteiger partial charge in [0.15, 0.2) is 5.69 Å².